The van der Waals surface area contributed by atoms with Crippen molar-refractivity contribution in [2.75, 3.05) is 47.3 Å². The largest absolute Gasteiger partial charge is 0.368 e. The summed E-state index contributed by atoms with van der Waals surface area (Å²) in [6, 6.07) is 6.76. The lowest BCUT2D eigenvalue weighted by Gasteiger charge is -2.51. The van der Waals surface area contributed by atoms with Gasteiger partial charge in [-0.05, 0) is 76.2 Å². The molecule has 2 N–H and O–H groups in total. The third-order valence-electron chi connectivity index (χ3n) is 8.60. The van der Waals surface area contributed by atoms with Gasteiger partial charge in [0.1, 0.15) is 12.4 Å². The van der Waals surface area contributed by atoms with Gasteiger partial charge in [-0.3, -0.25) is 14.5 Å². The van der Waals surface area contributed by atoms with E-state index in [2.05, 4.69) is 4.90 Å². The quantitative estimate of drug-likeness (QED) is 0.610. The zero-order valence-corrected chi connectivity index (χ0v) is 21.1. The van der Waals surface area contributed by atoms with Gasteiger partial charge < -0.3 is 20.4 Å². The van der Waals surface area contributed by atoms with Crippen LogP contribution in [0.2, 0.25) is 0 Å². The molecule has 3 fully saturated rings. The van der Waals surface area contributed by atoms with E-state index in [1.54, 1.807) is 17.0 Å². The molecule has 3 aliphatic rings. The lowest BCUT2D eigenvalue weighted by Crippen LogP contribution is -2.56. The monoisotopic (exact) mass is 487 g/mol. The van der Waals surface area contributed by atoms with E-state index in [9.17, 15) is 18.8 Å². The van der Waals surface area contributed by atoms with Crippen LogP contribution in [0.4, 0.5) is 9.18 Å². The van der Waals surface area contributed by atoms with Crippen LogP contribution in [-0.4, -0.2) is 90.3 Å². The SMILES string of the molecule is CN(CC(N)=O)C(=O)CN1CC2(CCC(c3cccc(F)c3)(N(C)C)CC2)N(CC2CCC2)C1=O. The molecule has 1 spiro atoms. The number of hydrogen-bond donors (Lipinski definition) is 1. The Labute approximate surface area is 207 Å². The summed E-state index contributed by atoms with van der Waals surface area (Å²) in [5.41, 5.74) is 5.55. The number of halogens is 1. The van der Waals surface area contributed by atoms with E-state index in [0.29, 0.717) is 12.5 Å². The molecule has 0 radical (unpaired) electrons. The summed E-state index contributed by atoms with van der Waals surface area (Å²) in [5.74, 6) is -0.610. The molecule has 1 heterocycles. The smallest absolute Gasteiger partial charge is 0.321 e. The van der Waals surface area contributed by atoms with Gasteiger partial charge in [0.15, 0.2) is 0 Å². The highest BCUT2D eigenvalue weighted by Gasteiger charge is 2.55. The van der Waals surface area contributed by atoms with Crippen LogP contribution in [0.15, 0.2) is 24.3 Å². The number of carbonyl (C=O) groups is 3. The molecule has 1 aliphatic heterocycles. The molecular formula is C26H38FN5O3. The van der Waals surface area contributed by atoms with Crippen LogP contribution in [0.5, 0.6) is 0 Å². The molecule has 9 heteroatoms. The van der Waals surface area contributed by atoms with Crippen LogP contribution in [0.3, 0.4) is 0 Å². The standard InChI is InChI=1S/C26H38FN5O3/c1-29(2)26(20-8-5-9-21(27)14-20)12-10-25(11-13-26)18-31(17-23(34)30(3)16-22(28)33)24(35)32(25)15-19-6-4-7-19/h5,8-9,14,19H,4,6-7,10-13,15-18H2,1-3H3,(H2,28,33). The zero-order valence-electron chi connectivity index (χ0n) is 21.1. The molecule has 0 unspecified atom stereocenters. The highest BCUT2D eigenvalue weighted by molar-refractivity contribution is 5.88. The van der Waals surface area contributed by atoms with Gasteiger partial charge in [0, 0.05) is 25.7 Å². The van der Waals surface area contributed by atoms with Crippen molar-refractivity contribution in [3.05, 3.63) is 35.6 Å². The maximum atomic E-state index is 14.1. The minimum absolute atomic E-state index is 0.0613. The van der Waals surface area contributed by atoms with Crippen LogP contribution in [0.25, 0.3) is 0 Å². The number of amides is 4. The van der Waals surface area contributed by atoms with E-state index in [4.69, 9.17) is 5.73 Å². The van der Waals surface area contributed by atoms with Crippen LogP contribution < -0.4 is 5.73 Å². The van der Waals surface area contributed by atoms with E-state index < -0.39 is 5.91 Å². The number of primary amides is 1. The average Bonchev–Trinajstić information content (AvgIpc) is 3.01. The molecule has 4 rings (SSSR count). The molecule has 2 saturated carbocycles. The van der Waals surface area contributed by atoms with E-state index in [1.807, 2.05) is 25.1 Å². The number of carbonyl (C=O) groups excluding carboxylic acids is 3. The van der Waals surface area contributed by atoms with Crippen LogP contribution >= 0.6 is 0 Å². The van der Waals surface area contributed by atoms with Crippen molar-refractivity contribution in [2.24, 2.45) is 11.7 Å². The van der Waals surface area contributed by atoms with Crippen molar-refractivity contribution in [3.8, 4) is 0 Å². The third kappa shape index (κ3) is 4.87. The predicted octanol–water partition coefficient (Wildman–Crippen LogP) is 2.38. The van der Waals surface area contributed by atoms with Crippen molar-refractivity contribution in [1.82, 2.24) is 19.6 Å². The second kappa shape index (κ2) is 9.76. The van der Waals surface area contributed by atoms with Crippen LogP contribution in [0.1, 0.15) is 50.5 Å². The molecule has 1 aromatic rings. The van der Waals surface area contributed by atoms with Crippen molar-refractivity contribution in [1.29, 1.82) is 0 Å². The number of hydrogen-bond acceptors (Lipinski definition) is 4. The Balaban J connectivity index is 1.56. The minimum Gasteiger partial charge on any atom is -0.368 e. The highest BCUT2D eigenvalue weighted by Crippen LogP contribution is 2.49. The molecule has 1 saturated heterocycles. The van der Waals surface area contributed by atoms with Gasteiger partial charge in [0.2, 0.25) is 11.8 Å². The Morgan fingerprint density at radius 2 is 1.83 bits per heavy atom. The topological polar surface area (TPSA) is 90.2 Å². The molecule has 4 amide bonds. The highest BCUT2D eigenvalue weighted by atomic mass is 19.1. The molecule has 0 bridgehead atoms. The first kappa shape index (κ1) is 25.4. The molecule has 8 nitrogen and oxygen atoms in total. The number of benzene rings is 1. The summed E-state index contributed by atoms with van der Waals surface area (Å²) >= 11 is 0. The molecular weight excluding hydrogens is 449 g/mol. The molecule has 2 aliphatic carbocycles. The van der Waals surface area contributed by atoms with Gasteiger partial charge >= 0.3 is 6.03 Å². The fraction of sp³-hybridized carbons (Fsp3) is 0.654. The van der Waals surface area contributed by atoms with Gasteiger partial charge in [-0.25, -0.2) is 9.18 Å². The van der Waals surface area contributed by atoms with E-state index in [0.717, 1.165) is 50.6 Å². The Hall–Kier alpha value is -2.68. The first-order chi connectivity index (χ1) is 16.6. The Kier molecular flexibility index (Phi) is 7.09. The van der Waals surface area contributed by atoms with Gasteiger partial charge in [-0.1, -0.05) is 18.6 Å². The van der Waals surface area contributed by atoms with Gasteiger partial charge in [0.05, 0.1) is 12.1 Å². The zero-order chi connectivity index (χ0) is 25.4. The summed E-state index contributed by atoms with van der Waals surface area (Å²) in [5, 5.41) is 0. The third-order valence-corrected chi connectivity index (χ3v) is 8.60. The number of likely N-dealkylation sites (N-methyl/N-ethyl adjacent to an activating group) is 1. The fourth-order valence-corrected chi connectivity index (χ4v) is 6.15. The number of urea groups is 1. The van der Waals surface area contributed by atoms with Gasteiger partial charge in [-0.2, -0.15) is 0 Å². The second-order valence-electron chi connectivity index (χ2n) is 10.9. The first-order valence-corrected chi connectivity index (χ1v) is 12.6. The maximum absolute atomic E-state index is 14.1. The Bertz CT molecular complexity index is 971. The van der Waals surface area contributed by atoms with Crippen molar-refractivity contribution in [2.45, 2.75) is 56.0 Å². The van der Waals surface area contributed by atoms with Crippen LogP contribution in [-0.2, 0) is 15.1 Å². The summed E-state index contributed by atoms with van der Waals surface area (Å²) in [7, 11) is 5.60. The summed E-state index contributed by atoms with van der Waals surface area (Å²) in [6.07, 6.45) is 6.60. The van der Waals surface area contributed by atoms with Crippen molar-refractivity contribution >= 4 is 17.8 Å². The Morgan fingerprint density at radius 1 is 1.14 bits per heavy atom. The number of nitrogens with two attached hydrogens (primary N) is 1. The lowest BCUT2D eigenvalue weighted by molar-refractivity contribution is -0.134. The van der Waals surface area contributed by atoms with Crippen LogP contribution in [0, 0.1) is 11.7 Å². The lowest BCUT2D eigenvalue weighted by atomic mass is 9.68. The number of rotatable bonds is 8. The molecule has 1 aromatic carbocycles. The normalized spacial score (nSPS) is 26.9. The van der Waals surface area contributed by atoms with E-state index in [-0.39, 0.29) is 41.9 Å². The summed E-state index contributed by atoms with van der Waals surface area (Å²) in [4.78, 5) is 44.7. The minimum atomic E-state index is -0.582. The predicted molar refractivity (Wildman–Crippen MR) is 131 cm³/mol. The molecule has 0 atom stereocenters. The van der Waals surface area contributed by atoms with Gasteiger partial charge in [-0.15, -0.1) is 0 Å². The second-order valence-corrected chi connectivity index (χ2v) is 10.9. The summed E-state index contributed by atoms with van der Waals surface area (Å²) in [6.45, 7) is 0.974. The van der Waals surface area contributed by atoms with Gasteiger partial charge in [0.25, 0.3) is 0 Å². The average molecular weight is 488 g/mol. The van der Waals surface area contributed by atoms with E-state index >= 15 is 0 Å². The number of nitrogens with zero attached hydrogens (tertiary/aromatic N) is 4. The van der Waals surface area contributed by atoms with Crippen molar-refractivity contribution in [3.63, 3.8) is 0 Å². The first-order valence-electron chi connectivity index (χ1n) is 12.6. The van der Waals surface area contributed by atoms with E-state index in [1.165, 1.54) is 24.4 Å². The Morgan fingerprint density at radius 3 is 2.37 bits per heavy atom. The molecule has 35 heavy (non-hydrogen) atoms. The molecule has 0 aromatic heterocycles. The molecule has 192 valence electrons. The van der Waals surface area contributed by atoms with Crippen molar-refractivity contribution < 1.29 is 18.8 Å². The fourth-order valence-electron chi connectivity index (χ4n) is 6.15. The maximum Gasteiger partial charge on any atom is 0.321 e. The summed E-state index contributed by atoms with van der Waals surface area (Å²) < 4.78 is 14.1.